The summed E-state index contributed by atoms with van der Waals surface area (Å²) in [4.78, 5) is 0. The van der Waals surface area contributed by atoms with Crippen LogP contribution in [0.3, 0.4) is 0 Å². The van der Waals surface area contributed by atoms with E-state index in [0.717, 1.165) is 18.6 Å². The van der Waals surface area contributed by atoms with Gasteiger partial charge in [0.2, 0.25) is 0 Å². The lowest BCUT2D eigenvalue weighted by Gasteiger charge is -2.16. The molecule has 0 aliphatic rings. The second kappa shape index (κ2) is 10.7. The summed E-state index contributed by atoms with van der Waals surface area (Å²) in [5.41, 5.74) is 1.21. The van der Waals surface area contributed by atoms with Crippen LogP contribution in [0.5, 0.6) is 5.75 Å². The third-order valence-corrected chi connectivity index (χ3v) is 3.93. The van der Waals surface area contributed by atoms with E-state index in [1.165, 1.54) is 44.1 Å². The summed E-state index contributed by atoms with van der Waals surface area (Å²) in [5, 5.41) is 9.55. The molecule has 2 heteroatoms. The van der Waals surface area contributed by atoms with Gasteiger partial charge in [0.1, 0.15) is 5.75 Å². The van der Waals surface area contributed by atoms with Crippen molar-refractivity contribution in [3.63, 3.8) is 0 Å². The number of hydrogen-bond acceptors (Lipinski definition) is 2. The maximum Gasteiger partial charge on any atom is 0.122 e. The summed E-state index contributed by atoms with van der Waals surface area (Å²) >= 11 is 0. The molecule has 1 aromatic rings. The van der Waals surface area contributed by atoms with Gasteiger partial charge >= 0.3 is 0 Å². The average molecular weight is 278 g/mol. The fourth-order valence-electron chi connectivity index (χ4n) is 2.65. The van der Waals surface area contributed by atoms with E-state index in [0.29, 0.717) is 5.92 Å². The van der Waals surface area contributed by atoms with Gasteiger partial charge in [-0.2, -0.15) is 0 Å². The highest BCUT2D eigenvalue weighted by atomic mass is 16.5. The van der Waals surface area contributed by atoms with Gasteiger partial charge in [-0.3, -0.25) is 0 Å². The molecule has 0 saturated carbocycles. The van der Waals surface area contributed by atoms with Crippen LogP contribution in [0.1, 0.15) is 57.4 Å². The van der Waals surface area contributed by atoms with E-state index in [2.05, 4.69) is 13.0 Å². The first-order valence-electron chi connectivity index (χ1n) is 8.04. The zero-order valence-electron chi connectivity index (χ0n) is 13.1. The summed E-state index contributed by atoms with van der Waals surface area (Å²) in [6, 6.07) is 8.12. The fourth-order valence-corrected chi connectivity index (χ4v) is 2.65. The van der Waals surface area contributed by atoms with Crippen LogP contribution in [0, 0.1) is 5.92 Å². The lowest BCUT2D eigenvalue weighted by atomic mass is 9.93. The van der Waals surface area contributed by atoms with Crippen LogP contribution in [-0.4, -0.2) is 18.8 Å². The van der Waals surface area contributed by atoms with Crippen molar-refractivity contribution in [3.05, 3.63) is 29.8 Å². The zero-order chi connectivity index (χ0) is 14.6. The lowest BCUT2D eigenvalue weighted by Crippen LogP contribution is -2.10. The number of para-hydroxylation sites is 1. The quantitative estimate of drug-likeness (QED) is 0.600. The van der Waals surface area contributed by atoms with Crippen LogP contribution >= 0.6 is 0 Å². The summed E-state index contributed by atoms with van der Waals surface area (Å²) in [6.45, 7) is 2.52. The number of unbranched alkanes of at least 4 members (excludes halogenated alkanes) is 5. The van der Waals surface area contributed by atoms with Crippen LogP contribution in [-0.2, 0) is 6.42 Å². The molecule has 0 aliphatic heterocycles. The highest BCUT2D eigenvalue weighted by molar-refractivity contribution is 5.33. The van der Waals surface area contributed by atoms with Crippen LogP contribution in [0.4, 0.5) is 0 Å². The van der Waals surface area contributed by atoms with Gasteiger partial charge in [-0.05, 0) is 30.4 Å². The Bertz CT molecular complexity index is 349. The average Bonchev–Trinajstić information content (AvgIpc) is 2.50. The zero-order valence-corrected chi connectivity index (χ0v) is 13.1. The van der Waals surface area contributed by atoms with Gasteiger partial charge in [-0.25, -0.2) is 0 Å². The topological polar surface area (TPSA) is 29.5 Å². The van der Waals surface area contributed by atoms with Gasteiger partial charge in [0.25, 0.3) is 0 Å². The molecule has 1 unspecified atom stereocenters. The van der Waals surface area contributed by atoms with Crippen molar-refractivity contribution < 1.29 is 9.84 Å². The van der Waals surface area contributed by atoms with Crippen LogP contribution in [0.25, 0.3) is 0 Å². The van der Waals surface area contributed by atoms with Gasteiger partial charge in [-0.15, -0.1) is 0 Å². The highest BCUT2D eigenvalue weighted by Crippen LogP contribution is 2.23. The van der Waals surface area contributed by atoms with E-state index < -0.39 is 0 Å². The Morgan fingerprint density at radius 3 is 2.45 bits per heavy atom. The second-order valence-corrected chi connectivity index (χ2v) is 5.62. The van der Waals surface area contributed by atoms with Gasteiger partial charge in [-0.1, -0.05) is 63.6 Å². The second-order valence-electron chi connectivity index (χ2n) is 5.62. The van der Waals surface area contributed by atoms with Crippen molar-refractivity contribution in [2.24, 2.45) is 5.92 Å². The van der Waals surface area contributed by atoms with E-state index in [1.807, 2.05) is 18.2 Å². The Kier molecular flexibility index (Phi) is 9.14. The van der Waals surface area contributed by atoms with Gasteiger partial charge < -0.3 is 9.84 Å². The van der Waals surface area contributed by atoms with E-state index in [1.54, 1.807) is 7.11 Å². The summed E-state index contributed by atoms with van der Waals surface area (Å²) in [5.74, 6) is 1.30. The summed E-state index contributed by atoms with van der Waals surface area (Å²) < 4.78 is 5.38. The lowest BCUT2D eigenvalue weighted by molar-refractivity contribution is 0.213. The monoisotopic (exact) mass is 278 g/mol. The standard InChI is InChI=1S/C18H30O2/c1-3-4-5-6-7-8-11-16(15-19)14-17-12-9-10-13-18(17)20-2/h9-10,12-13,16,19H,3-8,11,14-15H2,1-2H3. The van der Waals surface area contributed by atoms with Gasteiger partial charge in [0.15, 0.2) is 0 Å². The van der Waals surface area contributed by atoms with E-state index >= 15 is 0 Å². The Labute approximate surface area is 124 Å². The van der Waals surface area contributed by atoms with Crippen molar-refractivity contribution >= 4 is 0 Å². The molecule has 1 rings (SSSR count). The first-order chi connectivity index (χ1) is 9.81. The Hall–Kier alpha value is -1.02. The molecular formula is C18H30O2. The molecule has 0 radical (unpaired) electrons. The Morgan fingerprint density at radius 1 is 1.05 bits per heavy atom. The number of aliphatic hydroxyl groups excluding tert-OH is 1. The van der Waals surface area contributed by atoms with E-state index in [4.69, 9.17) is 4.74 Å². The minimum absolute atomic E-state index is 0.271. The molecule has 20 heavy (non-hydrogen) atoms. The summed E-state index contributed by atoms with van der Waals surface area (Å²) in [7, 11) is 1.71. The number of benzene rings is 1. The molecule has 114 valence electrons. The maximum absolute atomic E-state index is 9.55. The van der Waals surface area contributed by atoms with E-state index in [9.17, 15) is 5.11 Å². The molecule has 0 aromatic heterocycles. The largest absolute Gasteiger partial charge is 0.496 e. The number of rotatable bonds is 11. The minimum Gasteiger partial charge on any atom is -0.496 e. The van der Waals surface area contributed by atoms with E-state index in [-0.39, 0.29) is 6.61 Å². The van der Waals surface area contributed by atoms with Gasteiger partial charge in [0.05, 0.1) is 7.11 Å². The van der Waals surface area contributed by atoms with Crippen LogP contribution in [0.15, 0.2) is 24.3 Å². The molecule has 0 amide bonds. The number of aliphatic hydroxyl groups is 1. The molecule has 1 N–H and O–H groups in total. The highest BCUT2D eigenvalue weighted by Gasteiger charge is 2.11. The summed E-state index contributed by atoms with van der Waals surface area (Å²) in [6.07, 6.45) is 9.88. The van der Waals surface area contributed by atoms with Crippen molar-refractivity contribution in [1.82, 2.24) is 0 Å². The molecule has 0 heterocycles. The number of hydrogen-bond donors (Lipinski definition) is 1. The van der Waals surface area contributed by atoms with Crippen LogP contribution in [0.2, 0.25) is 0 Å². The maximum atomic E-state index is 9.55. The third kappa shape index (κ3) is 6.42. The van der Waals surface area contributed by atoms with Crippen molar-refractivity contribution in [2.45, 2.75) is 58.3 Å². The minimum atomic E-state index is 0.271. The SMILES string of the molecule is CCCCCCCCC(CO)Cc1ccccc1OC. The first kappa shape index (κ1) is 17.0. The van der Waals surface area contributed by atoms with Crippen molar-refractivity contribution in [3.8, 4) is 5.75 Å². The Balaban J connectivity index is 2.31. The smallest absolute Gasteiger partial charge is 0.122 e. The Morgan fingerprint density at radius 2 is 1.75 bits per heavy atom. The predicted molar refractivity (Wildman–Crippen MR) is 85.3 cm³/mol. The third-order valence-electron chi connectivity index (χ3n) is 3.93. The molecule has 0 fully saturated rings. The molecular weight excluding hydrogens is 248 g/mol. The molecule has 0 bridgehead atoms. The fraction of sp³-hybridized carbons (Fsp3) is 0.667. The number of methoxy groups -OCH3 is 1. The first-order valence-corrected chi connectivity index (χ1v) is 8.04. The molecule has 1 atom stereocenters. The molecule has 0 aliphatic carbocycles. The molecule has 0 saturated heterocycles. The van der Waals surface area contributed by atoms with Crippen molar-refractivity contribution in [2.75, 3.05) is 13.7 Å². The van der Waals surface area contributed by atoms with Crippen molar-refractivity contribution in [1.29, 1.82) is 0 Å². The molecule has 1 aromatic carbocycles. The number of ether oxygens (including phenoxy) is 1. The predicted octanol–water partition coefficient (Wildman–Crippen LogP) is 4.60. The normalized spacial score (nSPS) is 12.3. The molecule has 2 nitrogen and oxygen atoms in total. The molecule has 0 spiro atoms. The van der Waals surface area contributed by atoms with Crippen LogP contribution < -0.4 is 4.74 Å². The van der Waals surface area contributed by atoms with Gasteiger partial charge in [0, 0.05) is 6.61 Å².